The molecule has 3 N–H and O–H groups in total. The summed E-state index contributed by atoms with van der Waals surface area (Å²) >= 11 is 0. The van der Waals surface area contributed by atoms with Gasteiger partial charge in [-0.2, -0.15) is 0 Å². The van der Waals surface area contributed by atoms with Gasteiger partial charge in [-0.3, -0.25) is 4.79 Å². The van der Waals surface area contributed by atoms with Crippen molar-refractivity contribution < 1.29 is 14.6 Å². The Morgan fingerprint density at radius 1 is 1.61 bits per heavy atom. The molecular weight excluding hydrogens is 232 g/mol. The van der Waals surface area contributed by atoms with Crippen LogP contribution in [-0.4, -0.2) is 36.8 Å². The number of hydrogen-bond donors (Lipinski definition) is 3. The van der Waals surface area contributed by atoms with E-state index in [1.54, 1.807) is 0 Å². The maximum absolute atomic E-state index is 11.9. The smallest absolute Gasteiger partial charge is 0.262 e. The van der Waals surface area contributed by atoms with Crippen LogP contribution in [0.5, 0.6) is 5.75 Å². The van der Waals surface area contributed by atoms with Crippen molar-refractivity contribution in [3.8, 4) is 5.75 Å². The van der Waals surface area contributed by atoms with Gasteiger partial charge >= 0.3 is 0 Å². The molecule has 0 saturated heterocycles. The van der Waals surface area contributed by atoms with Crippen LogP contribution in [0.15, 0.2) is 24.3 Å². The van der Waals surface area contributed by atoms with Crippen molar-refractivity contribution in [2.24, 2.45) is 5.92 Å². The first kappa shape index (κ1) is 12.7. The van der Waals surface area contributed by atoms with Crippen LogP contribution in [0.1, 0.15) is 6.92 Å². The fourth-order valence-corrected chi connectivity index (χ4v) is 1.71. The lowest BCUT2D eigenvalue weighted by atomic mass is 10.2. The van der Waals surface area contributed by atoms with Crippen LogP contribution in [-0.2, 0) is 4.79 Å². The van der Waals surface area contributed by atoms with E-state index in [1.165, 1.54) is 0 Å². The number of aliphatic hydroxyl groups is 1. The molecule has 2 unspecified atom stereocenters. The second-order valence-corrected chi connectivity index (χ2v) is 4.52. The highest BCUT2D eigenvalue weighted by atomic mass is 16.5. The summed E-state index contributed by atoms with van der Waals surface area (Å²) in [7, 11) is 0. The van der Waals surface area contributed by atoms with Gasteiger partial charge < -0.3 is 20.5 Å². The third-order valence-corrected chi connectivity index (χ3v) is 2.86. The Morgan fingerprint density at radius 3 is 3.17 bits per heavy atom. The number of carbonyl (C=O) groups is 1. The molecule has 0 aromatic heterocycles. The van der Waals surface area contributed by atoms with E-state index < -0.39 is 6.10 Å². The van der Waals surface area contributed by atoms with Crippen molar-refractivity contribution in [3.05, 3.63) is 24.3 Å². The van der Waals surface area contributed by atoms with Gasteiger partial charge in [-0.1, -0.05) is 19.1 Å². The predicted molar refractivity (Wildman–Crippen MR) is 68.6 cm³/mol. The number of para-hydroxylation sites is 2. The molecule has 98 valence electrons. The van der Waals surface area contributed by atoms with Crippen LogP contribution in [0, 0.1) is 5.92 Å². The topological polar surface area (TPSA) is 70.6 Å². The Kier molecular flexibility index (Phi) is 4.04. The van der Waals surface area contributed by atoms with Crippen LogP contribution in [0.3, 0.4) is 0 Å². The Balaban J connectivity index is 1.90. The second kappa shape index (κ2) is 5.73. The van der Waals surface area contributed by atoms with Gasteiger partial charge in [-0.15, -0.1) is 0 Å². The molecule has 1 aromatic rings. The number of anilines is 1. The van der Waals surface area contributed by atoms with E-state index in [1.807, 2.05) is 31.2 Å². The minimum Gasteiger partial charge on any atom is -0.477 e. The van der Waals surface area contributed by atoms with E-state index >= 15 is 0 Å². The van der Waals surface area contributed by atoms with Crippen LogP contribution >= 0.6 is 0 Å². The standard InChI is InChI=1S/C13H18N2O3/c1-9(8-16)6-15-13(17)12-7-14-10-4-2-3-5-11(10)18-12/h2-5,9,12,14,16H,6-8H2,1H3,(H,15,17). The van der Waals surface area contributed by atoms with Gasteiger partial charge in [-0.05, 0) is 18.1 Å². The Labute approximate surface area is 106 Å². The zero-order valence-corrected chi connectivity index (χ0v) is 10.3. The summed E-state index contributed by atoms with van der Waals surface area (Å²) in [5, 5.41) is 14.8. The fourth-order valence-electron chi connectivity index (χ4n) is 1.71. The molecule has 1 amide bonds. The molecular formula is C13H18N2O3. The Bertz CT molecular complexity index is 422. The molecule has 5 heteroatoms. The maximum atomic E-state index is 11.9. The summed E-state index contributed by atoms with van der Waals surface area (Å²) in [4.78, 5) is 11.9. The Hall–Kier alpha value is -1.75. The lowest BCUT2D eigenvalue weighted by Gasteiger charge is -2.26. The van der Waals surface area contributed by atoms with Crippen molar-refractivity contribution in [2.45, 2.75) is 13.0 Å². The summed E-state index contributed by atoms with van der Waals surface area (Å²) in [5.74, 6) is 0.592. The number of fused-ring (bicyclic) bond motifs is 1. The van der Waals surface area contributed by atoms with Crippen molar-refractivity contribution >= 4 is 11.6 Å². The van der Waals surface area contributed by atoms with E-state index in [4.69, 9.17) is 9.84 Å². The van der Waals surface area contributed by atoms with Crippen molar-refractivity contribution in [1.82, 2.24) is 5.32 Å². The second-order valence-electron chi connectivity index (χ2n) is 4.52. The first-order valence-corrected chi connectivity index (χ1v) is 6.09. The summed E-state index contributed by atoms with van der Waals surface area (Å²) in [5.41, 5.74) is 0.908. The number of ether oxygens (including phenoxy) is 1. The molecule has 0 spiro atoms. The number of rotatable bonds is 4. The van der Waals surface area contributed by atoms with Gasteiger partial charge in [0.05, 0.1) is 12.2 Å². The highest BCUT2D eigenvalue weighted by molar-refractivity contribution is 5.83. The minimum atomic E-state index is -0.522. The van der Waals surface area contributed by atoms with Gasteiger partial charge in [0.1, 0.15) is 5.75 Å². The molecule has 0 bridgehead atoms. The maximum Gasteiger partial charge on any atom is 0.262 e. The SMILES string of the molecule is CC(CO)CNC(=O)C1CNc2ccccc2O1. The predicted octanol–water partition coefficient (Wildman–Crippen LogP) is 0.604. The van der Waals surface area contributed by atoms with E-state index in [2.05, 4.69) is 10.6 Å². The summed E-state index contributed by atoms with van der Waals surface area (Å²) in [6.07, 6.45) is -0.522. The third-order valence-electron chi connectivity index (χ3n) is 2.86. The first-order valence-electron chi connectivity index (χ1n) is 6.09. The lowest BCUT2D eigenvalue weighted by Crippen LogP contribution is -2.46. The van der Waals surface area contributed by atoms with Crippen LogP contribution < -0.4 is 15.4 Å². The van der Waals surface area contributed by atoms with Crippen molar-refractivity contribution in [1.29, 1.82) is 0 Å². The van der Waals surface area contributed by atoms with Gasteiger partial charge in [-0.25, -0.2) is 0 Å². The van der Waals surface area contributed by atoms with E-state index in [9.17, 15) is 4.79 Å². The van der Waals surface area contributed by atoms with Gasteiger partial charge in [0, 0.05) is 13.2 Å². The molecule has 1 aromatic carbocycles. The molecule has 2 atom stereocenters. The van der Waals surface area contributed by atoms with E-state index in [0.717, 1.165) is 5.69 Å². The molecule has 5 nitrogen and oxygen atoms in total. The highest BCUT2D eigenvalue weighted by Crippen LogP contribution is 2.28. The van der Waals surface area contributed by atoms with Crippen molar-refractivity contribution in [2.75, 3.05) is 25.0 Å². The molecule has 0 saturated carbocycles. The van der Waals surface area contributed by atoms with Gasteiger partial charge in [0.2, 0.25) is 0 Å². The number of amides is 1. The quantitative estimate of drug-likeness (QED) is 0.732. The third kappa shape index (κ3) is 2.92. The largest absolute Gasteiger partial charge is 0.477 e. The molecule has 18 heavy (non-hydrogen) atoms. The van der Waals surface area contributed by atoms with Gasteiger partial charge in [0.15, 0.2) is 6.10 Å². The molecule has 0 aliphatic carbocycles. The molecule has 1 aliphatic rings. The Morgan fingerprint density at radius 2 is 2.39 bits per heavy atom. The molecule has 2 rings (SSSR count). The number of hydrogen-bond acceptors (Lipinski definition) is 4. The molecule has 1 aliphatic heterocycles. The summed E-state index contributed by atoms with van der Waals surface area (Å²) in [6, 6.07) is 7.53. The number of carbonyl (C=O) groups excluding carboxylic acids is 1. The molecule has 0 radical (unpaired) electrons. The minimum absolute atomic E-state index is 0.0535. The average Bonchev–Trinajstić information content (AvgIpc) is 2.43. The fraction of sp³-hybridized carbons (Fsp3) is 0.462. The molecule has 0 fully saturated rings. The normalized spacial score (nSPS) is 19.1. The number of benzene rings is 1. The van der Waals surface area contributed by atoms with Crippen molar-refractivity contribution in [3.63, 3.8) is 0 Å². The number of nitrogens with one attached hydrogen (secondary N) is 2. The van der Waals surface area contributed by atoms with Crippen LogP contribution in [0.4, 0.5) is 5.69 Å². The summed E-state index contributed by atoms with van der Waals surface area (Å²) in [6.45, 7) is 2.84. The zero-order valence-electron chi connectivity index (χ0n) is 10.3. The van der Waals surface area contributed by atoms with E-state index in [-0.39, 0.29) is 18.4 Å². The zero-order chi connectivity index (χ0) is 13.0. The monoisotopic (exact) mass is 250 g/mol. The van der Waals surface area contributed by atoms with Crippen LogP contribution in [0.25, 0.3) is 0 Å². The van der Waals surface area contributed by atoms with Gasteiger partial charge in [0.25, 0.3) is 5.91 Å². The van der Waals surface area contributed by atoms with Crippen LogP contribution in [0.2, 0.25) is 0 Å². The lowest BCUT2D eigenvalue weighted by molar-refractivity contribution is -0.127. The van der Waals surface area contributed by atoms with E-state index in [0.29, 0.717) is 18.8 Å². The molecule has 1 heterocycles. The number of aliphatic hydroxyl groups excluding tert-OH is 1. The first-order chi connectivity index (χ1) is 8.70. The average molecular weight is 250 g/mol. The summed E-state index contributed by atoms with van der Waals surface area (Å²) < 4.78 is 5.62. The highest BCUT2D eigenvalue weighted by Gasteiger charge is 2.25.